The minimum atomic E-state index is -4.77. The molecule has 2 atom stereocenters. The van der Waals surface area contributed by atoms with Gasteiger partial charge in [-0.2, -0.15) is 0 Å². The lowest BCUT2D eigenvalue weighted by atomic mass is 10.1. The largest absolute Gasteiger partial charge is 0.573 e. The van der Waals surface area contributed by atoms with Gasteiger partial charge in [0.25, 0.3) is 11.3 Å². The molecule has 0 aliphatic heterocycles. The molecule has 2 N–H and O–H groups in total. The summed E-state index contributed by atoms with van der Waals surface area (Å²) in [6.07, 6.45) is -5.67. The first-order valence-electron chi connectivity index (χ1n) is 8.11. The van der Waals surface area contributed by atoms with Gasteiger partial charge in [0.15, 0.2) is 0 Å². The van der Waals surface area contributed by atoms with Gasteiger partial charge in [0.05, 0.1) is 12.6 Å². The third-order valence-electron chi connectivity index (χ3n) is 3.85. The molecule has 0 saturated carbocycles. The Morgan fingerprint density at radius 2 is 1.82 bits per heavy atom. The second-order valence-electron chi connectivity index (χ2n) is 5.96. The summed E-state index contributed by atoms with van der Waals surface area (Å²) in [6.45, 7) is -0.114. The molecule has 0 aliphatic rings. The number of benzene rings is 2. The predicted octanol–water partition coefficient (Wildman–Crippen LogP) is 4.35. The van der Waals surface area contributed by atoms with Crippen molar-refractivity contribution in [2.45, 2.75) is 18.9 Å². The molecule has 2 unspecified atom stereocenters. The maximum absolute atomic E-state index is 12.2. The van der Waals surface area contributed by atoms with Crippen LogP contribution >= 0.6 is 11.3 Å². The maximum Gasteiger partial charge on any atom is 0.573 e. The average Bonchev–Trinajstić information content (AvgIpc) is 3.03. The summed E-state index contributed by atoms with van der Waals surface area (Å²) < 4.78 is 63.9. The number of thiophene rings is 1. The molecule has 2 aromatic carbocycles. The highest BCUT2D eigenvalue weighted by Crippen LogP contribution is 2.33. The maximum atomic E-state index is 12.2. The van der Waals surface area contributed by atoms with E-state index in [-0.39, 0.29) is 18.7 Å². The zero-order valence-electron chi connectivity index (χ0n) is 14.3. The third-order valence-corrected chi connectivity index (χ3v) is 5.83. The van der Waals surface area contributed by atoms with Crippen LogP contribution in [0.3, 0.4) is 0 Å². The standard InChI is InChI=1S/C18H16F3NO4S2/c19-18(20,21)26-15-7-5-12(6-8-15)9-14(23)11-22(28(24)25)17-10-13-3-1-2-4-16(13)27-17/h1-8,10,14,23H,9,11H2,(H,24,25). The van der Waals surface area contributed by atoms with Crippen molar-refractivity contribution in [1.82, 2.24) is 0 Å². The van der Waals surface area contributed by atoms with Crippen LogP contribution in [0.15, 0.2) is 54.6 Å². The highest BCUT2D eigenvalue weighted by atomic mass is 32.2. The van der Waals surface area contributed by atoms with Crippen LogP contribution in [0.5, 0.6) is 5.75 Å². The molecular weight excluding hydrogens is 415 g/mol. The summed E-state index contributed by atoms with van der Waals surface area (Å²) in [7, 11) is 0. The number of hydrogen-bond acceptors (Lipinski definition) is 4. The van der Waals surface area contributed by atoms with Crippen molar-refractivity contribution in [3.63, 3.8) is 0 Å². The second-order valence-corrected chi connectivity index (χ2v) is 7.93. The van der Waals surface area contributed by atoms with Gasteiger partial charge in [-0.15, -0.1) is 24.5 Å². The number of ether oxygens (including phenoxy) is 1. The van der Waals surface area contributed by atoms with Gasteiger partial charge in [-0.25, -0.2) is 4.21 Å². The molecule has 5 nitrogen and oxygen atoms in total. The first-order valence-corrected chi connectivity index (χ1v) is 9.99. The molecule has 150 valence electrons. The fraction of sp³-hybridized carbons (Fsp3) is 0.222. The Morgan fingerprint density at radius 1 is 1.14 bits per heavy atom. The number of rotatable bonds is 7. The number of halogens is 3. The molecule has 3 rings (SSSR count). The molecule has 0 saturated heterocycles. The molecule has 0 fully saturated rings. The number of aliphatic hydroxyl groups excluding tert-OH is 1. The van der Waals surface area contributed by atoms with E-state index in [1.54, 1.807) is 6.07 Å². The van der Waals surface area contributed by atoms with E-state index >= 15 is 0 Å². The topological polar surface area (TPSA) is 70.0 Å². The molecule has 10 heteroatoms. The van der Waals surface area contributed by atoms with E-state index in [4.69, 9.17) is 0 Å². The minimum Gasteiger partial charge on any atom is -0.406 e. The monoisotopic (exact) mass is 431 g/mol. The van der Waals surface area contributed by atoms with Gasteiger partial charge in [0, 0.05) is 11.1 Å². The number of alkyl halides is 3. The molecule has 1 aromatic heterocycles. The summed E-state index contributed by atoms with van der Waals surface area (Å²) in [5.41, 5.74) is 0.571. The van der Waals surface area contributed by atoms with Gasteiger partial charge in [0.2, 0.25) is 0 Å². The Labute approximate surface area is 165 Å². The summed E-state index contributed by atoms with van der Waals surface area (Å²) >= 11 is -1.01. The van der Waals surface area contributed by atoms with E-state index in [0.717, 1.165) is 22.2 Å². The molecule has 0 bridgehead atoms. The molecule has 28 heavy (non-hydrogen) atoms. The smallest absolute Gasteiger partial charge is 0.406 e. The van der Waals surface area contributed by atoms with Crippen LogP contribution in [0.25, 0.3) is 10.1 Å². The third kappa shape index (κ3) is 5.44. The van der Waals surface area contributed by atoms with Crippen molar-refractivity contribution in [2.75, 3.05) is 10.8 Å². The fourth-order valence-corrected chi connectivity index (χ4v) is 4.47. The van der Waals surface area contributed by atoms with Gasteiger partial charge in [-0.05, 0) is 35.2 Å². The fourth-order valence-electron chi connectivity index (χ4n) is 2.68. The van der Waals surface area contributed by atoms with E-state index in [9.17, 15) is 27.0 Å². The Hall–Kier alpha value is -2.14. The predicted molar refractivity (Wildman–Crippen MR) is 103 cm³/mol. The summed E-state index contributed by atoms with van der Waals surface area (Å²) in [5, 5.41) is 11.8. The van der Waals surface area contributed by atoms with E-state index < -0.39 is 23.7 Å². The van der Waals surface area contributed by atoms with Gasteiger partial charge in [0.1, 0.15) is 10.8 Å². The lowest BCUT2D eigenvalue weighted by molar-refractivity contribution is -0.274. The number of aliphatic hydroxyl groups is 1. The molecule has 0 spiro atoms. The van der Waals surface area contributed by atoms with Crippen molar-refractivity contribution in [1.29, 1.82) is 0 Å². The SMILES string of the molecule is O=S(O)N(CC(O)Cc1ccc(OC(F)(F)F)cc1)c1cc2ccccc2s1. The number of anilines is 1. The quantitative estimate of drug-likeness (QED) is 0.546. The van der Waals surface area contributed by atoms with Crippen molar-refractivity contribution >= 4 is 37.7 Å². The minimum absolute atomic E-state index is 0.102. The van der Waals surface area contributed by atoms with Gasteiger partial charge >= 0.3 is 6.36 Å². The van der Waals surface area contributed by atoms with Crippen LogP contribution in [0, 0.1) is 0 Å². The van der Waals surface area contributed by atoms with Gasteiger partial charge in [-0.3, -0.25) is 8.86 Å². The summed E-state index contributed by atoms with van der Waals surface area (Å²) in [5.74, 6) is -0.353. The van der Waals surface area contributed by atoms with Crippen molar-refractivity contribution in [2.24, 2.45) is 0 Å². The van der Waals surface area contributed by atoms with Crippen LogP contribution in [-0.4, -0.2) is 32.9 Å². The van der Waals surface area contributed by atoms with E-state index in [2.05, 4.69) is 4.74 Å². The molecular formula is C18H16F3NO4S2. The number of hydrogen-bond donors (Lipinski definition) is 2. The molecule has 3 aromatic rings. The highest BCUT2D eigenvalue weighted by molar-refractivity contribution is 7.81. The molecule has 0 amide bonds. The summed E-state index contributed by atoms with van der Waals surface area (Å²) in [4.78, 5) is 0. The van der Waals surface area contributed by atoms with Crippen LogP contribution < -0.4 is 9.04 Å². The zero-order chi connectivity index (χ0) is 20.3. The van der Waals surface area contributed by atoms with Crippen LogP contribution in [0.2, 0.25) is 0 Å². The van der Waals surface area contributed by atoms with Crippen molar-refractivity contribution < 1.29 is 31.8 Å². The Morgan fingerprint density at radius 3 is 2.43 bits per heavy atom. The molecule has 0 radical (unpaired) electrons. The van der Waals surface area contributed by atoms with Gasteiger partial charge < -0.3 is 9.84 Å². The first-order chi connectivity index (χ1) is 13.2. The second kappa shape index (κ2) is 8.48. The van der Waals surface area contributed by atoms with Crippen LogP contribution in [0.4, 0.5) is 18.2 Å². The number of nitrogens with zero attached hydrogens (tertiary/aromatic N) is 1. The van der Waals surface area contributed by atoms with Gasteiger partial charge in [-0.1, -0.05) is 30.3 Å². The Balaban J connectivity index is 1.67. The molecule has 1 heterocycles. The Kier molecular flexibility index (Phi) is 6.23. The average molecular weight is 431 g/mol. The first kappa shape index (κ1) is 20.6. The Bertz CT molecular complexity index is 926. The normalized spacial score (nSPS) is 14.0. The van der Waals surface area contributed by atoms with E-state index in [1.165, 1.54) is 27.8 Å². The van der Waals surface area contributed by atoms with Crippen molar-refractivity contribution in [3.05, 3.63) is 60.2 Å². The van der Waals surface area contributed by atoms with E-state index in [1.807, 2.05) is 24.3 Å². The molecule has 0 aliphatic carbocycles. The summed E-state index contributed by atoms with van der Waals surface area (Å²) in [6, 6.07) is 14.4. The van der Waals surface area contributed by atoms with Crippen LogP contribution in [0.1, 0.15) is 5.56 Å². The van der Waals surface area contributed by atoms with Crippen LogP contribution in [-0.2, 0) is 17.7 Å². The van der Waals surface area contributed by atoms with Crippen molar-refractivity contribution in [3.8, 4) is 5.75 Å². The highest BCUT2D eigenvalue weighted by Gasteiger charge is 2.31. The number of fused-ring (bicyclic) bond motifs is 1. The lowest BCUT2D eigenvalue weighted by Gasteiger charge is -2.21. The van der Waals surface area contributed by atoms with E-state index in [0.29, 0.717) is 10.6 Å². The zero-order valence-corrected chi connectivity index (χ0v) is 15.9. The lowest BCUT2D eigenvalue weighted by Crippen LogP contribution is -2.34.